The zero-order valence-electron chi connectivity index (χ0n) is 21.7. The van der Waals surface area contributed by atoms with Gasteiger partial charge in [-0.1, -0.05) is 12.1 Å². The van der Waals surface area contributed by atoms with Crippen molar-refractivity contribution in [1.82, 2.24) is 9.88 Å². The molecule has 3 aromatic carbocycles. The van der Waals surface area contributed by atoms with Crippen LogP contribution in [0.5, 0.6) is 11.6 Å². The van der Waals surface area contributed by atoms with Gasteiger partial charge in [0.25, 0.3) is 5.69 Å². The van der Waals surface area contributed by atoms with Gasteiger partial charge < -0.3 is 24.8 Å². The molecule has 39 heavy (non-hydrogen) atoms. The van der Waals surface area contributed by atoms with Crippen LogP contribution in [0, 0.1) is 10.1 Å². The highest BCUT2D eigenvalue weighted by atomic mass is 17.2. The van der Waals surface area contributed by atoms with Crippen LogP contribution in [0.15, 0.2) is 65.7 Å². The summed E-state index contributed by atoms with van der Waals surface area (Å²) >= 11 is 0. The zero-order chi connectivity index (χ0) is 27.7. The SMILES string of the molecule is CN(C)CCC(=O)N(C)c1ccc(N=C(c2ccc3c(c2)OOC3)c2c(O)[nH]c3cc([N+](=O)[O-])ccc23)cc1. The minimum Gasteiger partial charge on any atom is -0.494 e. The highest BCUT2D eigenvalue weighted by molar-refractivity contribution is 6.22. The molecule has 1 aliphatic rings. The average molecular weight is 530 g/mol. The lowest BCUT2D eigenvalue weighted by molar-refractivity contribution is -0.384. The van der Waals surface area contributed by atoms with E-state index in [0.29, 0.717) is 58.8 Å². The normalized spacial score (nSPS) is 13.0. The molecule has 4 aromatic rings. The fraction of sp³-hybridized carbons (Fsp3) is 0.214. The van der Waals surface area contributed by atoms with Gasteiger partial charge in [0.05, 0.1) is 27.4 Å². The Hall–Kier alpha value is -4.74. The Bertz CT molecular complexity index is 1590. The zero-order valence-corrected chi connectivity index (χ0v) is 21.7. The third kappa shape index (κ3) is 5.31. The maximum absolute atomic E-state index is 12.5. The van der Waals surface area contributed by atoms with Gasteiger partial charge in [0.1, 0.15) is 6.61 Å². The number of H-pyrrole nitrogens is 1. The molecule has 0 atom stereocenters. The van der Waals surface area contributed by atoms with Crippen LogP contribution < -0.4 is 9.79 Å². The molecule has 11 heteroatoms. The number of non-ortho nitro benzene ring substituents is 1. The summed E-state index contributed by atoms with van der Waals surface area (Å²) in [5.41, 5.74) is 3.95. The third-order valence-corrected chi connectivity index (χ3v) is 6.54. The van der Waals surface area contributed by atoms with Gasteiger partial charge in [-0.05, 0) is 50.5 Å². The molecule has 0 spiro atoms. The van der Waals surface area contributed by atoms with Crippen molar-refractivity contribution in [3.63, 3.8) is 0 Å². The first-order valence-electron chi connectivity index (χ1n) is 12.2. The van der Waals surface area contributed by atoms with E-state index in [1.807, 2.05) is 43.3 Å². The monoisotopic (exact) mass is 529 g/mol. The van der Waals surface area contributed by atoms with E-state index < -0.39 is 4.92 Å². The summed E-state index contributed by atoms with van der Waals surface area (Å²) in [6, 6.07) is 17.0. The van der Waals surface area contributed by atoms with Crippen molar-refractivity contribution in [2.24, 2.45) is 4.99 Å². The highest BCUT2D eigenvalue weighted by Crippen LogP contribution is 2.35. The standard InChI is InChI=1S/C28H27N5O6/c1-31(2)13-12-25(34)32(3)20-8-6-19(7-9-20)29-27(17-4-5-18-16-38-39-24(18)14-17)26-22-11-10-21(33(36)37)15-23(22)30-28(26)35/h4-11,14-15,30,35H,12-13,16H2,1-3H3. The molecule has 0 unspecified atom stereocenters. The van der Waals surface area contributed by atoms with E-state index in [1.54, 1.807) is 36.2 Å². The van der Waals surface area contributed by atoms with Crippen molar-refractivity contribution >= 4 is 39.6 Å². The first kappa shape index (κ1) is 25.9. The summed E-state index contributed by atoms with van der Waals surface area (Å²) in [5.74, 6) is 0.368. The van der Waals surface area contributed by atoms with Gasteiger partial charge in [-0.15, -0.1) is 0 Å². The Morgan fingerprint density at radius 2 is 1.87 bits per heavy atom. The third-order valence-electron chi connectivity index (χ3n) is 6.54. The Labute approximate surface area is 224 Å². The summed E-state index contributed by atoms with van der Waals surface area (Å²) in [7, 11) is 5.58. The highest BCUT2D eigenvalue weighted by Gasteiger charge is 2.23. The number of fused-ring (bicyclic) bond motifs is 2. The molecule has 11 nitrogen and oxygen atoms in total. The van der Waals surface area contributed by atoms with Gasteiger partial charge in [0, 0.05) is 54.3 Å². The number of nitrogens with zero attached hydrogens (tertiary/aromatic N) is 4. The number of aromatic nitrogens is 1. The number of nitro groups is 1. The smallest absolute Gasteiger partial charge is 0.271 e. The van der Waals surface area contributed by atoms with E-state index in [0.717, 1.165) is 11.3 Å². The molecule has 0 fully saturated rings. The topological polar surface area (TPSA) is 134 Å². The number of hydrogen-bond acceptors (Lipinski definition) is 8. The number of nitro benzene ring substituents is 1. The number of hydrogen-bond donors (Lipinski definition) is 2. The number of nitrogens with one attached hydrogen (secondary N) is 1. The number of carbonyl (C=O) groups excluding carboxylic acids is 1. The Morgan fingerprint density at radius 3 is 2.59 bits per heavy atom. The fourth-order valence-electron chi connectivity index (χ4n) is 4.36. The van der Waals surface area contributed by atoms with Gasteiger partial charge in [0.2, 0.25) is 5.91 Å². The van der Waals surface area contributed by atoms with Crippen LogP contribution >= 0.6 is 0 Å². The Kier molecular flexibility index (Phi) is 7.01. The lowest BCUT2D eigenvalue weighted by Crippen LogP contribution is -2.29. The molecule has 5 rings (SSSR count). The van der Waals surface area contributed by atoms with Crippen LogP contribution in [-0.4, -0.2) is 59.2 Å². The van der Waals surface area contributed by atoms with Gasteiger partial charge in [-0.3, -0.25) is 14.9 Å². The molecule has 2 N–H and O–H groups in total. The first-order chi connectivity index (χ1) is 18.7. The molecule has 0 saturated carbocycles. The van der Waals surface area contributed by atoms with E-state index in [1.165, 1.54) is 12.1 Å². The van der Waals surface area contributed by atoms with Crippen molar-refractivity contribution in [2.75, 3.05) is 32.6 Å². The maximum Gasteiger partial charge on any atom is 0.271 e. The largest absolute Gasteiger partial charge is 0.494 e. The van der Waals surface area contributed by atoms with Crippen molar-refractivity contribution in [3.8, 4) is 11.6 Å². The molecule has 0 aliphatic carbocycles. The van der Waals surface area contributed by atoms with Crippen LogP contribution in [0.25, 0.3) is 10.9 Å². The molecule has 1 aromatic heterocycles. The number of benzene rings is 3. The summed E-state index contributed by atoms with van der Waals surface area (Å²) in [6.07, 6.45) is 0.398. The lowest BCUT2D eigenvalue weighted by atomic mass is 9.99. The number of aromatic amines is 1. The van der Waals surface area contributed by atoms with Crippen LogP contribution in [0.3, 0.4) is 0 Å². The molecule has 1 aliphatic heterocycles. The lowest BCUT2D eigenvalue weighted by Gasteiger charge is -2.19. The van der Waals surface area contributed by atoms with E-state index in [9.17, 15) is 20.0 Å². The minimum absolute atomic E-state index is 0.00110. The van der Waals surface area contributed by atoms with Crippen LogP contribution in [0.1, 0.15) is 23.1 Å². The molecule has 0 bridgehead atoms. The maximum atomic E-state index is 12.5. The molecule has 200 valence electrons. The molecular weight excluding hydrogens is 502 g/mol. The first-order valence-corrected chi connectivity index (χ1v) is 12.2. The fourth-order valence-corrected chi connectivity index (χ4v) is 4.36. The minimum atomic E-state index is -0.492. The van der Waals surface area contributed by atoms with Crippen LogP contribution in [-0.2, 0) is 16.3 Å². The second-order valence-electron chi connectivity index (χ2n) is 9.49. The average Bonchev–Trinajstić information content (AvgIpc) is 3.52. The summed E-state index contributed by atoms with van der Waals surface area (Å²) in [5, 5.41) is 22.8. The van der Waals surface area contributed by atoms with Crippen molar-refractivity contribution in [2.45, 2.75) is 13.0 Å². The number of aromatic hydroxyl groups is 1. The Balaban J connectivity index is 1.56. The molecule has 0 saturated heterocycles. The van der Waals surface area contributed by atoms with E-state index in [2.05, 4.69) is 4.98 Å². The van der Waals surface area contributed by atoms with E-state index >= 15 is 0 Å². The molecule has 0 radical (unpaired) electrons. The van der Waals surface area contributed by atoms with E-state index in [-0.39, 0.29) is 17.5 Å². The Morgan fingerprint density at radius 1 is 1.10 bits per heavy atom. The second kappa shape index (κ2) is 10.6. The van der Waals surface area contributed by atoms with Gasteiger partial charge >= 0.3 is 0 Å². The van der Waals surface area contributed by atoms with Crippen LogP contribution in [0.4, 0.5) is 17.1 Å². The number of rotatable bonds is 8. The summed E-state index contributed by atoms with van der Waals surface area (Å²) in [6.45, 7) is 0.980. The molecule has 1 amide bonds. The molecule has 2 heterocycles. The van der Waals surface area contributed by atoms with Crippen molar-refractivity contribution < 1.29 is 24.6 Å². The van der Waals surface area contributed by atoms with Gasteiger partial charge in [-0.25, -0.2) is 4.99 Å². The van der Waals surface area contributed by atoms with Crippen LogP contribution in [0.2, 0.25) is 0 Å². The van der Waals surface area contributed by atoms with Crippen molar-refractivity contribution in [3.05, 3.63) is 87.5 Å². The predicted molar refractivity (Wildman–Crippen MR) is 147 cm³/mol. The summed E-state index contributed by atoms with van der Waals surface area (Å²) in [4.78, 5) is 45.0. The number of anilines is 1. The van der Waals surface area contributed by atoms with Crippen molar-refractivity contribution in [1.29, 1.82) is 0 Å². The second-order valence-corrected chi connectivity index (χ2v) is 9.49. The van der Waals surface area contributed by atoms with Gasteiger partial charge in [-0.2, -0.15) is 4.89 Å². The molecular formula is C28H27N5O6. The predicted octanol–water partition coefficient (Wildman–Crippen LogP) is 4.69. The number of carbonyl (C=O) groups is 1. The van der Waals surface area contributed by atoms with Gasteiger partial charge in [0.15, 0.2) is 11.6 Å². The number of amides is 1. The summed E-state index contributed by atoms with van der Waals surface area (Å²) < 4.78 is 0. The quantitative estimate of drug-likeness (QED) is 0.146. The number of aliphatic imine (C=N–C) groups is 1. The van der Waals surface area contributed by atoms with E-state index in [4.69, 9.17) is 14.8 Å².